The van der Waals surface area contributed by atoms with Crippen LogP contribution in [0.1, 0.15) is 33.3 Å². The third kappa shape index (κ3) is 3.56. The lowest BCUT2D eigenvalue weighted by Crippen LogP contribution is -2.49. The fraction of sp³-hybridized carbons (Fsp3) is 0.500. The van der Waals surface area contributed by atoms with E-state index in [2.05, 4.69) is 17.6 Å². The fourth-order valence-electron chi connectivity index (χ4n) is 1.75. The normalized spacial score (nSPS) is 11.3. The van der Waals surface area contributed by atoms with Gasteiger partial charge >= 0.3 is 0 Å². The van der Waals surface area contributed by atoms with Gasteiger partial charge in [0.2, 0.25) is 5.91 Å². The molecule has 0 heterocycles. The van der Waals surface area contributed by atoms with Gasteiger partial charge < -0.3 is 10.6 Å². The highest BCUT2D eigenvalue weighted by Crippen LogP contribution is 2.17. The maximum absolute atomic E-state index is 12.1. The lowest BCUT2D eigenvalue weighted by molar-refractivity contribution is -0.121. The molecule has 0 fully saturated rings. The Labute approximate surface area is 104 Å². The summed E-state index contributed by atoms with van der Waals surface area (Å²) in [6.45, 7) is 8.63. The molecule has 0 aliphatic carbocycles. The highest BCUT2D eigenvalue weighted by Gasteiger charge is 2.26. The molecule has 1 aromatic carbocycles. The lowest BCUT2D eigenvalue weighted by atomic mass is 10.0. The van der Waals surface area contributed by atoms with Crippen molar-refractivity contribution in [3.8, 4) is 0 Å². The number of hydrogen-bond acceptors (Lipinski definition) is 2. The van der Waals surface area contributed by atoms with Crippen molar-refractivity contribution in [2.45, 2.75) is 39.7 Å². The molecule has 0 aromatic heterocycles. The SMILES string of the molecule is CCNC(C)(C)C(=O)Nc1ccccc1CC. The Kier molecular flexibility index (Phi) is 4.70. The van der Waals surface area contributed by atoms with Crippen LogP contribution in [0.15, 0.2) is 24.3 Å². The van der Waals surface area contributed by atoms with Crippen molar-refractivity contribution < 1.29 is 4.79 Å². The minimum absolute atomic E-state index is 0.000231. The minimum Gasteiger partial charge on any atom is -0.324 e. The van der Waals surface area contributed by atoms with Gasteiger partial charge in [-0.15, -0.1) is 0 Å². The van der Waals surface area contributed by atoms with Gasteiger partial charge in [-0.3, -0.25) is 4.79 Å². The average molecular weight is 234 g/mol. The minimum atomic E-state index is -0.546. The molecule has 1 rings (SSSR count). The summed E-state index contributed by atoms with van der Waals surface area (Å²) in [7, 11) is 0. The highest BCUT2D eigenvalue weighted by molar-refractivity contribution is 5.98. The summed E-state index contributed by atoms with van der Waals surface area (Å²) >= 11 is 0. The second-order valence-electron chi connectivity index (χ2n) is 4.62. The first-order chi connectivity index (χ1) is 8.01. The molecule has 0 atom stereocenters. The molecule has 0 radical (unpaired) electrons. The molecule has 94 valence electrons. The summed E-state index contributed by atoms with van der Waals surface area (Å²) in [5, 5.41) is 6.15. The van der Waals surface area contributed by atoms with E-state index >= 15 is 0 Å². The van der Waals surface area contributed by atoms with E-state index in [1.54, 1.807) is 0 Å². The van der Waals surface area contributed by atoms with E-state index in [4.69, 9.17) is 0 Å². The van der Waals surface area contributed by atoms with Gasteiger partial charge in [0.15, 0.2) is 0 Å². The second kappa shape index (κ2) is 5.82. The van der Waals surface area contributed by atoms with Gasteiger partial charge in [-0.25, -0.2) is 0 Å². The summed E-state index contributed by atoms with van der Waals surface area (Å²) in [5.74, 6) is 0.000231. The maximum atomic E-state index is 12.1. The van der Waals surface area contributed by atoms with Crippen molar-refractivity contribution in [1.29, 1.82) is 0 Å². The molecule has 0 bridgehead atoms. The van der Waals surface area contributed by atoms with Crippen LogP contribution in [-0.2, 0) is 11.2 Å². The number of anilines is 1. The van der Waals surface area contributed by atoms with Gasteiger partial charge in [0.05, 0.1) is 5.54 Å². The largest absolute Gasteiger partial charge is 0.324 e. The van der Waals surface area contributed by atoms with Crippen LogP contribution >= 0.6 is 0 Å². The second-order valence-corrected chi connectivity index (χ2v) is 4.62. The van der Waals surface area contributed by atoms with Gasteiger partial charge in [-0.05, 0) is 38.4 Å². The first-order valence-electron chi connectivity index (χ1n) is 6.15. The number of hydrogen-bond donors (Lipinski definition) is 2. The third-order valence-electron chi connectivity index (χ3n) is 2.83. The van der Waals surface area contributed by atoms with Crippen molar-refractivity contribution in [3.05, 3.63) is 29.8 Å². The van der Waals surface area contributed by atoms with Crippen LogP contribution in [-0.4, -0.2) is 18.0 Å². The number of likely N-dealkylation sites (N-methyl/N-ethyl adjacent to an activating group) is 1. The number of nitrogens with one attached hydrogen (secondary N) is 2. The number of carbonyl (C=O) groups excluding carboxylic acids is 1. The Morgan fingerprint density at radius 1 is 1.24 bits per heavy atom. The number of benzene rings is 1. The average Bonchev–Trinajstić information content (AvgIpc) is 2.29. The van der Waals surface area contributed by atoms with Crippen LogP contribution in [0, 0.1) is 0 Å². The Hall–Kier alpha value is -1.35. The molecule has 2 N–H and O–H groups in total. The molecule has 0 spiro atoms. The van der Waals surface area contributed by atoms with E-state index in [1.807, 2.05) is 45.0 Å². The molecule has 0 aliphatic rings. The van der Waals surface area contributed by atoms with Crippen LogP contribution in [0.5, 0.6) is 0 Å². The predicted octanol–water partition coefficient (Wildman–Crippen LogP) is 2.58. The predicted molar refractivity (Wildman–Crippen MR) is 72.2 cm³/mol. The summed E-state index contributed by atoms with van der Waals surface area (Å²) in [4.78, 5) is 12.1. The van der Waals surface area contributed by atoms with E-state index in [0.717, 1.165) is 24.2 Å². The van der Waals surface area contributed by atoms with Gasteiger partial charge in [-0.2, -0.15) is 0 Å². The van der Waals surface area contributed by atoms with Gasteiger partial charge in [0.1, 0.15) is 0 Å². The zero-order valence-electron chi connectivity index (χ0n) is 11.1. The van der Waals surface area contributed by atoms with Gasteiger partial charge in [-0.1, -0.05) is 32.0 Å². The zero-order chi connectivity index (χ0) is 12.9. The van der Waals surface area contributed by atoms with Crippen molar-refractivity contribution in [2.75, 3.05) is 11.9 Å². The van der Waals surface area contributed by atoms with Crippen LogP contribution in [0.25, 0.3) is 0 Å². The number of carbonyl (C=O) groups is 1. The van der Waals surface area contributed by atoms with Crippen LogP contribution in [0.2, 0.25) is 0 Å². The molecule has 0 unspecified atom stereocenters. The Balaban J connectivity index is 2.80. The van der Waals surface area contributed by atoms with E-state index in [1.165, 1.54) is 0 Å². The quantitative estimate of drug-likeness (QED) is 0.822. The Bertz CT molecular complexity index is 386. The number of rotatable bonds is 5. The number of para-hydroxylation sites is 1. The first-order valence-corrected chi connectivity index (χ1v) is 6.15. The van der Waals surface area contributed by atoms with E-state index in [0.29, 0.717) is 0 Å². The lowest BCUT2D eigenvalue weighted by Gasteiger charge is -2.25. The van der Waals surface area contributed by atoms with Crippen LogP contribution in [0.3, 0.4) is 0 Å². The monoisotopic (exact) mass is 234 g/mol. The number of amides is 1. The zero-order valence-corrected chi connectivity index (χ0v) is 11.1. The molecule has 3 nitrogen and oxygen atoms in total. The fourth-order valence-corrected chi connectivity index (χ4v) is 1.75. The summed E-state index contributed by atoms with van der Waals surface area (Å²) in [6, 6.07) is 7.91. The van der Waals surface area contributed by atoms with Crippen molar-refractivity contribution >= 4 is 11.6 Å². The molecule has 0 saturated heterocycles. The molecular weight excluding hydrogens is 212 g/mol. The topological polar surface area (TPSA) is 41.1 Å². The van der Waals surface area contributed by atoms with Gasteiger partial charge in [0, 0.05) is 5.69 Å². The van der Waals surface area contributed by atoms with Crippen LogP contribution in [0.4, 0.5) is 5.69 Å². The molecule has 1 amide bonds. The van der Waals surface area contributed by atoms with Gasteiger partial charge in [0.25, 0.3) is 0 Å². The molecule has 1 aromatic rings. The van der Waals surface area contributed by atoms with E-state index in [9.17, 15) is 4.79 Å². The summed E-state index contributed by atoms with van der Waals surface area (Å²) in [6.07, 6.45) is 0.915. The van der Waals surface area contributed by atoms with E-state index in [-0.39, 0.29) is 5.91 Å². The first kappa shape index (κ1) is 13.7. The third-order valence-corrected chi connectivity index (χ3v) is 2.83. The Morgan fingerprint density at radius 3 is 2.47 bits per heavy atom. The van der Waals surface area contributed by atoms with Crippen molar-refractivity contribution in [1.82, 2.24) is 5.32 Å². The summed E-state index contributed by atoms with van der Waals surface area (Å²) in [5.41, 5.74) is 1.52. The summed E-state index contributed by atoms with van der Waals surface area (Å²) < 4.78 is 0. The molecule has 3 heteroatoms. The molecule has 0 saturated carbocycles. The Morgan fingerprint density at radius 2 is 1.88 bits per heavy atom. The van der Waals surface area contributed by atoms with Crippen molar-refractivity contribution in [2.24, 2.45) is 0 Å². The van der Waals surface area contributed by atoms with E-state index < -0.39 is 5.54 Å². The molecule has 0 aliphatic heterocycles. The molecular formula is C14H22N2O. The maximum Gasteiger partial charge on any atom is 0.244 e. The number of aryl methyl sites for hydroxylation is 1. The van der Waals surface area contributed by atoms with Crippen molar-refractivity contribution in [3.63, 3.8) is 0 Å². The standard InChI is InChI=1S/C14H22N2O/c1-5-11-9-7-8-10-12(11)16-13(17)14(3,4)15-6-2/h7-10,15H,5-6H2,1-4H3,(H,16,17). The molecule has 17 heavy (non-hydrogen) atoms. The van der Waals surface area contributed by atoms with Crippen LogP contribution < -0.4 is 10.6 Å². The smallest absolute Gasteiger partial charge is 0.244 e. The highest BCUT2D eigenvalue weighted by atomic mass is 16.2.